The van der Waals surface area contributed by atoms with E-state index in [1.54, 1.807) is 16.9 Å². The topological polar surface area (TPSA) is 110 Å². The van der Waals surface area contributed by atoms with E-state index in [1.807, 2.05) is 13.8 Å². The number of rotatable bonds is 5. The molecule has 3 aromatic rings. The minimum absolute atomic E-state index is 0.0927. The van der Waals surface area contributed by atoms with Gasteiger partial charge in [-0.25, -0.2) is 14.5 Å². The number of carboxylic acids is 1. The summed E-state index contributed by atoms with van der Waals surface area (Å²) in [6, 6.07) is 4.75. The molecule has 0 saturated heterocycles. The molecule has 0 aliphatic heterocycles. The molecule has 8 heteroatoms. The van der Waals surface area contributed by atoms with Gasteiger partial charge in [-0.15, -0.1) is 0 Å². The van der Waals surface area contributed by atoms with Crippen molar-refractivity contribution in [2.75, 3.05) is 0 Å². The van der Waals surface area contributed by atoms with E-state index in [1.165, 1.54) is 18.3 Å². The van der Waals surface area contributed by atoms with Crippen molar-refractivity contribution in [3.8, 4) is 0 Å². The van der Waals surface area contributed by atoms with Gasteiger partial charge in [-0.2, -0.15) is 5.10 Å². The summed E-state index contributed by atoms with van der Waals surface area (Å²) in [6.07, 6.45) is 3.16. The SMILES string of the molecule is CC(C)n1ncc2cc(C(=O)NCc3ccc(C(=O)O)o3)cnc21. The molecule has 0 aliphatic rings. The van der Waals surface area contributed by atoms with E-state index < -0.39 is 5.97 Å². The van der Waals surface area contributed by atoms with Crippen LogP contribution >= 0.6 is 0 Å². The van der Waals surface area contributed by atoms with Crippen LogP contribution < -0.4 is 5.32 Å². The van der Waals surface area contributed by atoms with Gasteiger partial charge in [0.2, 0.25) is 5.76 Å². The monoisotopic (exact) mass is 328 g/mol. The van der Waals surface area contributed by atoms with Gasteiger partial charge in [0.05, 0.1) is 18.3 Å². The Morgan fingerprint density at radius 1 is 1.33 bits per heavy atom. The van der Waals surface area contributed by atoms with Gasteiger partial charge in [-0.1, -0.05) is 0 Å². The fraction of sp³-hybridized carbons (Fsp3) is 0.250. The van der Waals surface area contributed by atoms with Crippen molar-refractivity contribution in [3.05, 3.63) is 47.7 Å². The molecule has 0 unspecified atom stereocenters. The molecule has 0 atom stereocenters. The summed E-state index contributed by atoms with van der Waals surface area (Å²) in [4.78, 5) is 27.3. The molecule has 0 bridgehead atoms. The van der Waals surface area contributed by atoms with Crippen LogP contribution in [0.25, 0.3) is 11.0 Å². The van der Waals surface area contributed by atoms with Gasteiger partial charge in [0.1, 0.15) is 5.76 Å². The molecule has 0 spiro atoms. The molecule has 124 valence electrons. The predicted molar refractivity (Wildman–Crippen MR) is 84.8 cm³/mol. The minimum atomic E-state index is -1.15. The number of fused-ring (bicyclic) bond motifs is 1. The second-order valence-electron chi connectivity index (χ2n) is 5.57. The first-order valence-corrected chi connectivity index (χ1v) is 7.39. The van der Waals surface area contributed by atoms with Gasteiger partial charge in [0, 0.05) is 17.6 Å². The highest BCUT2D eigenvalue weighted by Crippen LogP contribution is 2.16. The van der Waals surface area contributed by atoms with Crippen LogP contribution in [0.3, 0.4) is 0 Å². The number of carboxylic acid groups (broad SMARTS) is 1. The molecule has 0 saturated carbocycles. The molecular formula is C16H16N4O4. The van der Waals surface area contributed by atoms with Crippen molar-refractivity contribution in [1.82, 2.24) is 20.1 Å². The molecule has 0 aromatic carbocycles. The Hall–Kier alpha value is -3.16. The summed E-state index contributed by atoms with van der Waals surface area (Å²) in [5, 5.41) is 16.5. The standard InChI is InChI=1S/C16H16N4O4/c1-9(2)20-14-10(7-19-20)5-11(6-17-14)15(21)18-8-12-3-4-13(24-12)16(22)23/h3-7,9H,8H2,1-2H3,(H,18,21)(H,22,23). The van der Waals surface area contributed by atoms with E-state index in [0.29, 0.717) is 11.3 Å². The molecule has 8 nitrogen and oxygen atoms in total. The van der Waals surface area contributed by atoms with Gasteiger partial charge in [0.15, 0.2) is 5.65 Å². The predicted octanol–water partition coefficient (Wildman–Crippen LogP) is 2.23. The summed E-state index contributed by atoms with van der Waals surface area (Å²) < 4.78 is 6.87. The lowest BCUT2D eigenvalue weighted by Gasteiger charge is -2.07. The third kappa shape index (κ3) is 2.98. The van der Waals surface area contributed by atoms with Crippen LogP contribution in [0.1, 0.15) is 46.6 Å². The third-order valence-electron chi connectivity index (χ3n) is 3.48. The zero-order valence-corrected chi connectivity index (χ0v) is 13.2. The average Bonchev–Trinajstić information content (AvgIpc) is 3.18. The minimum Gasteiger partial charge on any atom is -0.475 e. The number of nitrogens with zero attached hydrogens (tertiary/aromatic N) is 3. The molecule has 0 aliphatic carbocycles. The number of aromatic nitrogens is 3. The summed E-state index contributed by atoms with van der Waals surface area (Å²) in [5.41, 5.74) is 1.12. The molecule has 3 aromatic heterocycles. The number of nitrogens with one attached hydrogen (secondary N) is 1. The van der Waals surface area contributed by atoms with Crippen LogP contribution in [0.4, 0.5) is 0 Å². The number of aromatic carboxylic acids is 1. The molecule has 2 N–H and O–H groups in total. The summed E-state index contributed by atoms with van der Waals surface area (Å²) >= 11 is 0. The third-order valence-corrected chi connectivity index (χ3v) is 3.48. The van der Waals surface area contributed by atoms with Crippen molar-refractivity contribution >= 4 is 22.9 Å². The van der Waals surface area contributed by atoms with E-state index in [2.05, 4.69) is 15.4 Å². The number of hydrogen-bond acceptors (Lipinski definition) is 5. The molecule has 3 heterocycles. The van der Waals surface area contributed by atoms with Crippen LogP contribution in [-0.4, -0.2) is 31.7 Å². The lowest BCUT2D eigenvalue weighted by atomic mass is 10.2. The fourth-order valence-corrected chi connectivity index (χ4v) is 2.30. The Balaban J connectivity index is 1.72. The van der Waals surface area contributed by atoms with Crippen molar-refractivity contribution in [2.24, 2.45) is 0 Å². The molecule has 0 fully saturated rings. The first-order valence-electron chi connectivity index (χ1n) is 7.39. The molecule has 3 rings (SSSR count). The average molecular weight is 328 g/mol. The number of carbonyl (C=O) groups is 2. The highest BCUT2D eigenvalue weighted by atomic mass is 16.4. The zero-order valence-electron chi connectivity index (χ0n) is 13.2. The number of carbonyl (C=O) groups excluding carboxylic acids is 1. The van der Waals surface area contributed by atoms with Gasteiger partial charge in [-0.3, -0.25) is 4.79 Å². The molecular weight excluding hydrogens is 312 g/mol. The first-order chi connectivity index (χ1) is 11.5. The van der Waals surface area contributed by atoms with Crippen molar-refractivity contribution < 1.29 is 19.1 Å². The molecule has 24 heavy (non-hydrogen) atoms. The Morgan fingerprint density at radius 2 is 2.12 bits per heavy atom. The van der Waals surface area contributed by atoms with E-state index in [0.717, 1.165) is 11.0 Å². The van der Waals surface area contributed by atoms with Crippen molar-refractivity contribution in [1.29, 1.82) is 0 Å². The van der Waals surface area contributed by atoms with Crippen LogP contribution in [0.15, 0.2) is 35.0 Å². The number of pyridine rings is 1. The maximum absolute atomic E-state index is 12.2. The van der Waals surface area contributed by atoms with E-state index in [4.69, 9.17) is 9.52 Å². The Labute approximate surface area is 137 Å². The molecule has 1 amide bonds. The van der Waals surface area contributed by atoms with Gasteiger partial charge in [-0.05, 0) is 32.0 Å². The van der Waals surface area contributed by atoms with Crippen LogP contribution in [-0.2, 0) is 6.54 Å². The smallest absolute Gasteiger partial charge is 0.371 e. The fourth-order valence-electron chi connectivity index (χ4n) is 2.30. The van der Waals surface area contributed by atoms with Gasteiger partial charge in [0.25, 0.3) is 5.91 Å². The van der Waals surface area contributed by atoms with Crippen LogP contribution in [0.2, 0.25) is 0 Å². The highest BCUT2D eigenvalue weighted by molar-refractivity contribution is 5.96. The Bertz CT molecular complexity index is 910. The summed E-state index contributed by atoms with van der Waals surface area (Å²) in [7, 11) is 0. The largest absolute Gasteiger partial charge is 0.475 e. The Kier molecular flexibility index (Phi) is 4.03. The number of furan rings is 1. The second kappa shape index (κ2) is 6.15. The summed E-state index contributed by atoms with van der Waals surface area (Å²) in [6.45, 7) is 4.10. The highest BCUT2D eigenvalue weighted by Gasteiger charge is 2.13. The number of hydrogen-bond donors (Lipinski definition) is 2. The lowest BCUT2D eigenvalue weighted by molar-refractivity contribution is 0.0660. The zero-order chi connectivity index (χ0) is 17.3. The quantitative estimate of drug-likeness (QED) is 0.743. The van der Waals surface area contributed by atoms with Crippen molar-refractivity contribution in [2.45, 2.75) is 26.4 Å². The van der Waals surface area contributed by atoms with E-state index >= 15 is 0 Å². The van der Waals surface area contributed by atoms with Gasteiger partial charge < -0.3 is 14.8 Å². The van der Waals surface area contributed by atoms with Gasteiger partial charge >= 0.3 is 5.97 Å². The number of amides is 1. The maximum Gasteiger partial charge on any atom is 0.371 e. The lowest BCUT2D eigenvalue weighted by Crippen LogP contribution is -2.22. The Morgan fingerprint density at radius 3 is 2.79 bits per heavy atom. The normalized spacial score (nSPS) is 11.1. The van der Waals surface area contributed by atoms with E-state index in [-0.39, 0.29) is 24.3 Å². The van der Waals surface area contributed by atoms with Crippen molar-refractivity contribution in [3.63, 3.8) is 0 Å². The summed E-state index contributed by atoms with van der Waals surface area (Å²) in [5.74, 6) is -1.27. The maximum atomic E-state index is 12.2. The van der Waals surface area contributed by atoms with Crippen LogP contribution in [0.5, 0.6) is 0 Å². The first kappa shape index (κ1) is 15.7. The van der Waals surface area contributed by atoms with E-state index in [9.17, 15) is 9.59 Å². The molecule has 0 radical (unpaired) electrons. The second-order valence-corrected chi connectivity index (χ2v) is 5.57. The van der Waals surface area contributed by atoms with Crippen LogP contribution in [0, 0.1) is 0 Å².